The lowest BCUT2D eigenvalue weighted by Gasteiger charge is -2.12. The van der Waals surface area contributed by atoms with E-state index in [4.69, 9.17) is 11.6 Å². The summed E-state index contributed by atoms with van der Waals surface area (Å²) >= 11 is 6.47. The molecule has 2 heterocycles. The number of aromatic nitrogens is 3. The quantitative estimate of drug-likeness (QED) is 0.351. The van der Waals surface area contributed by atoms with Crippen molar-refractivity contribution in [1.82, 2.24) is 14.8 Å². The highest BCUT2D eigenvalue weighted by atomic mass is 35.5. The predicted molar refractivity (Wildman–Crippen MR) is 132 cm³/mol. The van der Waals surface area contributed by atoms with Crippen LogP contribution in [-0.4, -0.2) is 23.2 Å². The molecule has 5 aromatic rings. The minimum Gasteiger partial charge on any atom is -0.280 e. The largest absolute Gasteiger partial charge is 0.280 e. The summed E-state index contributed by atoms with van der Waals surface area (Å²) in [7, 11) is -1.97. The van der Waals surface area contributed by atoms with Crippen LogP contribution in [0.25, 0.3) is 33.3 Å². The highest BCUT2D eigenvalue weighted by Gasteiger charge is 2.17. The van der Waals surface area contributed by atoms with E-state index < -0.39 is 10.0 Å². The van der Waals surface area contributed by atoms with E-state index in [9.17, 15) is 8.42 Å². The Bertz CT molecular complexity index is 1570. The molecule has 1 N–H and O–H groups in total. The molecule has 3 aromatic carbocycles. The Hall–Kier alpha value is -3.68. The van der Waals surface area contributed by atoms with Gasteiger partial charge in [0.2, 0.25) is 0 Å². The van der Waals surface area contributed by atoms with E-state index in [-0.39, 0.29) is 4.90 Å². The molecule has 0 fully saturated rings. The van der Waals surface area contributed by atoms with Gasteiger partial charge < -0.3 is 0 Å². The second-order valence-electron chi connectivity index (χ2n) is 7.58. The molecule has 0 saturated carbocycles. The van der Waals surface area contributed by atoms with Crippen molar-refractivity contribution in [3.05, 3.63) is 96.3 Å². The van der Waals surface area contributed by atoms with Crippen molar-refractivity contribution in [2.24, 2.45) is 7.05 Å². The lowest BCUT2D eigenvalue weighted by Crippen LogP contribution is -2.13. The van der Waals surface area contributed by atoms with Gasteiger partial charge in [-0.2, -0.15) is 5.10 Å². The highest BCUT2D eigenvalue weighted by molar-refractivity contribution is 7.92. The van der Waals surface area contributed by atoms with Crippen LogP contribution in [0.15, 0.2) is 96.2 Å². The van der Waals surface area contributed by atoms with Gasteiger partial charge in [0.15, 0.2) is 0 Å². The normalized spacial score (nSPS) is 11.6. The van der Waals surface area contributed by atoms with Crippen molar-refractivity contribution in [3.63, 3.8) is 0 Å². The lowest BCUT2D eigenvalue weighted by molar-refractivity contribution is 0.601. The van der Waals surface area contributed by atoms with E-state index in [2.05, 4.69) is 14.8 Å². The van der Waals surface area contributed by atoms with Crippen LogP contribution in [0, 0.1) is 0 Å². The minimum atomic E-state index is -3.80. The maximum atomic E-state index is 13.0. The Kier molecular flexibility index (Phi) is 5.36. The first-order valence-corrected chi connectivity index (χ1v) is 12.0. The van der Waals surface area contributed by atoms with Crippen molar-refractivity contribution < 1.29 is 8.42 Å². The summed E-state index contributed by atoms with van der Waals surface area (Å²) in [5.41, 5.74) is 3.36. The van der Waals surface area contributed by atoms with Crippen LogP contribution in [-0.2, 0) is 17.1 Å². The fourth-order valence-electron chi connectivity index (χ4n) is 3.69. The molecule has 0 aliphatic carbocycles. The Morgan fingerprint density at radius 3 is 2.48 bits per heavy atom. The van der Waals surface area contributed by atoms with Gasteiger partial charge in [0.05, 0.1) is 21.3 Å². The first kappa shape index (κ1) is 21.2. The van der Waals surface area contributed by atoms with Crippen molar-refractivity contribution in [1.29, 1.82) is 0 Å². The van der Waals surface area contributed by atoms with Gasteiger partial charge >= 0.3 is 0 Å². The molecule has 5 rings (SSSR count). The molecule has 6 nitrogen and oxygen atoms in total. The molecule has 0 unspecified atom stereocenters. The van der Waals surface area contributed by atoms with E-state index >= 15 is 0 Å². The predicted octanol–water partition coefficient (Wildman–Crippen LogP) is 5.76. The van der Waals surface area contributed by atoms with Crippen LogP contribution < -0.4 is 4.72 Å². The number of nitrogens with one attached hydrogen (secondary N) is 1. The molecule has 0 spiro atoms. The van der Waals surface area contributed by atoms with Gasteiger partial charge in [0.25, 0.3) is 10.0 Å². The van der Waals surface area contributed by atoms with Gasteiger partial charge in [0.1, 0.15) is 0 Å². The van der Waals surface area contributed by atoms with Gasteiger partial charge in [-0.05, 0) is 47.9 Å². The molecule has 0 amide bonds. The monoisotopic (exact) mass is 474 g/mol. The van der Waals surface area contributed by atoms with Crippen molar-refractivity contribution >= 4 is 38.1 Å². The molecule has 33 heavy (non-hydrogen) atoms. The molecule has 2 aromatic heterocycles. The summed E-state index contributed by atoms with van der Waals surface area (Å²) < 4.78 is 30.4. The molecular formula is C25H19ClN4O2S. The number of hydrogen-bond donors (Lipinski definition) is 1. The summed E-state index contributed by atoms with van der Waals surface area (Å²) in [4.78, 5) is 4.66. The van der Waals surface area contributed by atoms with Gasteiger partial charge in [0, 0.05) is 41.6 Å². The third-order valence-corrected chi connectivity index (χ3v) is 7.05. The first-order valence-electron chi connectivity index (χ1n) is 10.2. The summed E-state index contributed by atoms with van der Waals surface area (Å²) in [6.07, 6.45) is 3.55. The van der Waals surface area contributed by atoms with Gasteiger partial charge in [-0.3, -0.25) is 14.4 Å². The number of aryl methyl sites for hydroxylation is 1. The van der Waals surface area contributed by atoms with Crippen molar-refractivity contribution in [2.45, 2.75) is 4.90 Å². The summed E-state index contributed by atoms with van der Waals surface area (Å²) in [5, 5.41) is 6.79. The molecule has 0 radical (unpaired) electrons. The van der Waals surface area contributed by atoms with Crippen LogP contribution >= 0.6 is 11.6 Å². The highest BCUT2D eigenvalue weighted by Crippen LogP contribution is 2.34. The molecule has 0 atom stereocenters. The molecule has 8 heteroatoms. The zero-order chi connectivity index (χ0) is 23.0. The molecule has 164 valence electrons. The number of rotatable bonds is 5. The van der Waals surface area contributed by atoms with Gasteiger partial charge in [-0.15, -0.1) is 0 Å². The van der Waals surface area contributed by atoms with E-state index in [1.54, 1.807) is 53.3 Å². The number of fused-ring (bicyclic) bond motifs is 1. The molecule has 0 bridgehead atoms. The molecule has 0 aliphatic rings. The zero-order valence-electron chi connectivity index (χ0n) is 17.6. The van der Waals surface area contributed by atoms with Crippen LogP contribution in [0.2, 0.25) is 5.02 Å². The zero-order valence-corrected chi connectivity index (χ0v) is 19.2. The number of halogens is 1. The summed E-state index contributed by atoms with van der Waals surface area (Å²) in [6, 6.07) is 23.3. The number of nitrogens with zero attached hydrogens (tertiary/aromatic N) is 3. The van der Waals surface area contributed by atoms with Crippen molar-refractivity contribution in [3.8, 4) is 22.5 Å². The number of anilines is 1. The average Bonchev–Trinajstić information content (AvgIpc) is 3.26. The molecule has 0 saturated heterocycles. The van der Waals surface area contributed by atoms with Gasteiger partial charge in [-0.25, -0.2) is 8.42 Å². The van der Waals surface area contributed by atoms with E-state index in [1.807, 2.05) is 49.6 Å². The summed E-state index contributed by atoms with van der Waals surface area (Å²) in [5.74, 6) is 0. The number of sulfonamides is 1. The smallest absolute Gasteiger partial charge is 0.261 e. The van der Waals surface area contributed by atoms with E-state index in [1.165, 1.54) is 0 Å². The SMILES string of the molecule is Cn1ccc(-c2ccc(S(=O)(=O)Nc3ccc(Cl)c(-c4nccc5ccccc45)c3)cc2)n1. The molecule has 0 aliphatic heterocycles. The number of hydrogen-bond acceptors (Lipinski definition) is 4. The number of benzene rings is 3. The van der Waals surface area contributed by atoms with Gasteiger partial charge in [-0.1, -0.05) is 48.0 Å². The first-order chi connectivity index (χ1) is 15.9. The van der Waals surface area contributed by atoms with Crippen LogP contribution in [0.4, 0.5) is 5.69 Å². The standard InChI is InChI=1S/C25H19ClN4O2S/c1-30-15-13-24(28-30)18-6-9-20(10-7-18)33(31,32)29-19-8-11-23(26)22(16-19)25-21-5-3-2-4-17(21)12-14-27-25/h2-16,29H,1H3. The fraction of sp³-hybridized carbons (Fsp3) is 0.0400. The maximum Gasteiger partial charge on any atom is 0.261 e. The maximum absolute atomic E-state index is 13.0. The average molecular weight is 475 g/mol. The Morgan fingerprint density at radius 1 is 0.939 bits per heavy atom. The Balaban J connectivity index is 1.47. The van der Waals surface area contributed by atoms with Crippen LogP contribution in [0.3, 0.4) is 0 Å². The third-order valence-electron chi connectivity index (χ3n) is 5.32. The van der Waals surface area contributed by atoms with Crippen molar-refractivity contribution in [2.75, 3.05) is 4.72 Å². The topological polar surface area (TPSA) is 76.9 Å². The number of pyridine rings is 1. The fourth-order valence-corrected chi connectivity index (χ4v) is 4.95. The Labute approximate surface area is 196 Å². The lowest BCUT2D eigenvalue weighted by atomic mass is 10.0. The molecular weight excluding hydrogens is 456 g/mol. The van der Waals surface area contributed by atoms with Crippen LogP contribution in [0.1, 0.15) is 0 Å². The summed E-state index contributed by atoms with van der Waals surface area (Å²) in [6.45, 7) is 0. The second kappa shape index (κ2) is 8.35. The third kappa shape index (κ3) is 4.20. The van der Waals surface area contributed by atoms with E-state index in [0.29, 0.717) is 22.0 Å². The van der Waals surface area contributed by atoms with Crippen LogP contribution in [0.5, 0.6) is 0 Å². The minimum absolute atomic E-state index is 0.155. The Morgan fingerprint density at radius 2 is 1.73 bits per heavy atom. The van der Waals surface area contributed by atoms with E-state index in [0.717, 1.165) is 22.0 Å². The second-order valence-corrected chi connectivity index (χ2v) is 9.67.